The predicted molar refractivity (Wildman–Crippen MR) is 72.3 cm³/mol. The van der Waals surface area contributed by atoms with Crippen LogP contribution in [-0.2, 0) is 5.41 Å². The van der Waals surface area contributed by atoms with Crippen molar-refractivity contribution in [3.8, 4) is 0 Å². The minimum atomic E-state index is -0.478. The number of aromatic amines is 2. The van der Waals surface area contributed by atoms with Crippen LogP contribution in [0.1, 0.15) is 36.8 Å². The van der Waals surface area contributed by atoms with Gasteiger partial charge in [0.25, 0.3) is 11.5 Å². The molecule has 1 amide bonds. The molecule has 0 aliphatic heterocycles. The number of rotatable bonds is 2. The van der Waals surface area contributed by atoms with Crippen LogP contribution in [0, 0.1) is 0 Å². The van der Waals surface area contributed by atoms with Gasteiger partial charge in [0.15, 0.2) is 5.82 Å². The maximum atomic E-state index is 11.9. The molecule has 100 valence electrons. The zero-order valence-corrected chi connectivity index (χ0v) is 11.1. The molecule has 0 fully saturated rings. The number of aromatic nitrogens is 3. The molecule has 0 bridgehead atoms. The van der Waals surface area contributed by atoms with Gasteiger partial charge in [-0.1, -0.05) is 20.8 Å². The molecule has 2 heterocycles. The normalized spacial score (nSPS) is 11.3. The minimum Gasteiger partial charge on any atom is -0.328 e. The van der Waals surface area contributed by atoms with Gasteiger partial charge in [-0.05, 0) is 12.1 Å². The van der Waals surface area contributed by atoms with Gasteiger partial charge in [0.2, 0.25) is 0 Å². The Morgan fingerprint density at radius 1 is 1.37 bits per heavy atom. The number of hydrogen-bond acceptors (Lipinski definition) is 3. The molecule has 2 aromatic heterocycles. The van der Waals surface area contributed by atoms with Crippen LogP contribution >= 0.6 is 0 Å². The van der Waals surface area contributed by atoms with Crippen LogP contribution in [0.25, 0.3) is 0 Å². The van der Waals surface area contributed by atoms with Crippen molar-refractivity contribution in [2.75, 3.05) is 5.32 Å². The maximum absolute atomic E-state index is 11.9. The second-order valence-corrected chi connectivity index (χ2v) is 5.28. The van der Waals surface area contributed by atoms with Crippen LogP contribution in [0.15, 0.2) is 29.2 Å². The van der Waals surface area contributed by atoms with E-state index in [4.69, 9.17) is 0 Å². The standard InChI is InChI=1S/C13H16N4O2/c1-13(2,3)9-7-10(17-16-9)15-12(19)8-5-4-6-14-11(8)18/h4-7H,1-3H3,(H,14,18)(H2,15,16,17,19). The number of carbonyl (C=O) groups excluding carboxylic acids is 1. The number of hydrogen-bond donors (Lipinski definition) is 3. The molecule has 2 rings (SSSR count). The molecule has 6 heteroatoms. The van der Waals surface area contributed by atoms with Gasteiger partial charge in [-0.15, -0.1) is 0 Å². The van der Waals surface area contributed by atoms with Gasteiger partial charge < -0.3 is 10.3 Å². The van der Waals surface area contributed by atoms with E-state index in [-0.39, 0.29) is 11.0 Å². The molecule has 6 nitrogen and oxygen atoms in total. The van der Waals surface area contributed by atoms with Crippen LogP contribution < -0.4 is 10.9 Å². The first-order valence-electron chi connectivity index (χ1n) is 5.93. The predicted octanol–water partition coefficient (Wildman–Crippen LogP) is 1.65. The monoisotopic (exact) mass is 260 g/mol. The topological polar surface area (TPSA) is 90.6 Å². The Balaban J connectivity index is 2.19. The number of nitrogens with zero attached hydrogens (tertiary/aromatic N) is 1. The highest BCUT2D eigenvalue weighted by molar-refractivity contribution is 6.03. The first-order valence-corrected chi connectivity index (χ1v) is 5.93. The van der Waals surface area contributed by atoms with E-state index in [2.05, 4.69) is 20.5 Å². The van der Waals surface area contributed by atoms with E-state index in [1.165, 1.54) is 12.3 Å². The van der Waals surface area contributed by atoms with E-state index >= 15 is 0 Å². The SMILES string of the molecule is CC(C)(C)c1cc(NC(=O)c2ccc[nH]c2=O)n[nH]1. The van der Waals surface area contributed by atoms with Gasteiger partial charge in [0, 0.05) is 23.4 Å². The number of carbonyl (C=O) groups is 1. The van der Waals surface area contributed by atoms with Crippen molar-refractivity contribution in [1.82, 2.24) is 15.2 Å². The third-order valence-electron chi connectivity index (χ3n) is 2.69. The molecule has 2 aromatic rings. The van der Waals surface area contributed by atoms with Crippen molar-refractivity contribution in [2.45, 2.75) is 26.2 Å². The molecule has 0 atom stereocenters. The zero-order chi connectivity index (χ0) is 14.0. The number of amides is 1. The average molecular weight is 260 g/mol. The lowest BCUT2D eigenvalue weighted by Gasteiger charge is -2.14. The molecule has 0 unspecified atom stereocenters. The minimum absolute atomic E-state index is 0.0582. The van der Waals surface area contributed by atoms with E-state index in [0.29, 0.717) is 5.82 Å². The van der Waals surface area contributed by atoms with Crippen LogP contribution in [0.3, 0.4) is 0 Å². The molecule has 0 saturated heterocycles. The average Bonchev–Trinajstić information content (AvgIpc) is 2.77. The lowest BCUT2D eigenvalue weighted by atomic mass is 9.92. The van der Waals surface area contributed by atoms with Crippen molar-refractivity contribution in [3.05, 3.63) is 46.0 Å². The highest BCUT2D eigenvalue weighted by Crippen LogP contribution is 2.21. The van der Waals surface area contributed by atoms with E-state index in [1.807, 2.05) is 20.8 Å². The van der Waals surface area contributed by atoms with Crippen molar-refractivity contribution in [3.63, 3.8) is 0 Å². The van der Waals surface area contributed by atoms with Crippen molar-refractivity contribution in [2.24, 2.45) is 0 Å². The molecule has 0 aliphatic carbocycles. The highest BCUT2D eigenvalue weighted by Gasteiger charge is 2.18. The van der Waals surface area contributed by atoms with Crippen molar-refractivity contribution < 1.29 is 4.79 Å². The van der Waals surface area contributed by atoms with Gasteiger partial charge in [-0.3, -0.25) is 14.7 Å². The third kappa shape index (κ3) is 2.90. The van der Waals surface area contributed by atoms with Gasteiger partial charge in [0.1, 0.15) is 5.56 Å². The van der Waals surface area contributed by atoms with Crippen molar-refractivity contribution >= 4 is 11.7 Å². The molecule has 0 saturated carbocycles. The van der Waals surface area contributed by atoms with E-state index in [9.17, 15) is 9.59 Å². The first kappa shape index (κ1) is 13.1. The Kier molecular flexibility index (Phi) is 3.25. The van der Waals surface area contributed by atoms with Gasteiger partial charge in [0.05, 0.1) is 0 Å². The molecule has 19 heavy (non-hydrogen) atoms. The molecular weight excluding hydrogens is 244 g/mol. The number of pyridine rings is 1. The number of H-pyrrole nitrogens is 2. The zero-order valence-electron chi connectivity index (χ0n) is 11.1. The summed E-state index contributed by atoms with van der Waals surface area (Å²) in [5.41, 5.74) is 0.458. The highest BCUT2D eigenvalue weighted by atomic mass is 16.2. The molecule has 3 N–H and O–H groups in total. The van der Waals surface area contributed by atoms with Gasteiger partial charge in [-0.2, -0.15) is 5.10 Å². The summed E-state index contributed by atoms with van der Waals surface area (Å²) in [5, 5.41) is 9.47. The van der Waals surface area contributed by atoms with Crippen LogP contribution in [-0.4, -0.2) is 21.1 Å². The largest absolute Gasteiger partial charge is 0.328 e. The lowest BCUT2D eigenvalue weighted by Crippen LogP contribution is -2.22. The fourth-order valence-electron chi connectivity index (χ4n) is 1.55. The van der Waals surface area contributed by atoms with Crippen molar-refractivity contribution in [1.29, 1.82) is 0 Å². The summed E-state index contributed by atoms with van der Waals surface area (Å²) >= 11 is 0. The van der Waals surface area contributed by atoms with E-state index in [1.54, 1.807) is 12.1 Å². The van der Waals surface area contributed by atoms with Gasteiger partial charge in [-0.25, -0.2) is 0 Å². The lowest BCUT2D eigenvalue weighted by molar-refractivity contribution is 0.102. The first-order chi connectivity index (χ1) is 8.88. The third-order valence-corrected chi connectivity index (χ3v) is 2.69. The van der Waals surface area contributed by atoms with Crippen LogP contribution in [0.2, 0.25) is 0 Å². The summed E-state index contributed by atoms with van der Waals surface area (Å²) in [6.45, 7) is 6.11. The van der Waals surface area contributed by atoms with Crippen LogP contribution in [0.5, 0.6) is 0 Å². The Labute approximate surface area is 110 Å². The van der Waals surface area contributed by atoms with E-state index in [0.717, 1.165) is 5.69 Å². The maximum Gasteiger partial charge on any atom is 0.262 e. The Hall–Kier alpha value is -2.37. The summed E-state index contributed by atoms with van der Waals surface area (Å²) in [6.07, 6.45) is 1.48. The number of anilines is 1. The fraction of sp³-hybridized carbons (Fsp3) is 0.308. The second-order valence-electron chi connectivity index (χ2n) is 5.28. The summed E-state index contributed by atoms with van der Waals surface area (Å²) in [5.74, 6) is -0.0769. The Morgan fingerprint density at radius 3 is 2.68 bits per heavy atom. The fourth-order valence-corrected chi connectivity index (χ4v) is 1.55. The summed E-state index contributed by atoms with van der Waals surface area (Å²) in [4.78, 5) is 25.8. The molecule has 0 aliphatic rings. The summed E-state index contributed by atoms with van der Waals surface area (Å²) < 4.78 is 0. The summed E-state index contributed by atoms with van der Waals surface area (Å²) in [6, 6.07) is 4.82. The number of nitrogens with one attached hydrogen (secondary N) is 3. The smallest absolute Gasteiger partial charge is 0.262 e. The molecule has 0 radical (unpaired) electrons. The molecular formula is C13H16N4O2. The summed E-state index contributed by atoms with van der Waals surface area (Å²) in [7, 11) is 0. The molecule has 0 spiro atoms. The van der Waals surface area contributed by atoms with Gasteiger partial charge >= 0.3 is 0 Å². The molecule has 0 aromatic carbocycles. The second kappa shape index (κ2) is 4.72. The van der Waals surface area contributed by atoms with E-state index < -0.39 is 11.5 Å². The van der Waals surface area contributed by atoms with Crippen LogP contribution in [0.4, 0.5) is 5.82 Å². The quantitative estimate of drug-likeness (QED) is 0.766. The Bertz CT molecular complexity index is 649. The Morgan fingerprint density at radius 2 is 2.11 bits per heavy atom.